The van der Waals surface area contributed by atoms with Crippen molar-refractivity contribution in [1.82, 2.24) is 14.8 Å². The molecule has 5 nitrogen and oxygen atoms in total. The van der Waals surface area contributed by atoms with Gasteiger partial charge in [0.15, 0.2) is 5.16 Å². The van der Waals surface area contributed by atoms with Crippen LogP contribution in [0.15, 0.2) is 29.4 Å². The molecule has 0 N–H and O–H groups in total. The first-order valence-electron chi connectivity index (χ1n) is 7.74. The lowest BCUT2D eigenvalue weighted by molar-refractivity contribution is -0.147. The predicted molar refractivity (Wildman–Crippen MR) is 88.4 cm³/mol. The summed E-state index contributed by atoms with van der Waals surface area (Å²) in [7, 11) is 1.25. The number of nitrogens with zero attached hydrogens (tertiary/aromatic N) is 4. The summed E-state index contributed by atoms with van der Waals surface area (Å²) in [6.45, 7) is 3.63. The highest BCUT2D eigenvalue weighted by atomic mass is 32.2. The molecule has 1 aromatic heterocycles. The fourth-order valence-corrected chi connectivity index (χ4v) is 3.83. The number of alkyl halides is 3. The van der Waals surface area contributed by atoms with Gasteiger partial charge in [0, 0.05) is 18.8 Å². The number of hydrogen-bond donors (Lipinski definition) is 0. The van der Waals surface area contributed by atoms with Crippen LogP contribution in [0.3, 0.4) is 0 Å². The van der Waals surface area contributed by atoms with Crippen molar-refractivity contribution in [3.8, 4) is 0 Å². The Morgan fingerprint density at radius 2 is 2.00 bits per heavy atom. The van der Waals surface area contributed by atoms with Gasteiger partial charge in [-0.15, -0.1) is 10.2 Å². The number of aromatic nitrogens is 3. The first-order valence-corrected chi connectivity index (χ1v) is 8.62. The SMILES string of the molecule is C[C@@H](Sc1nnc(C(F)(F)F)n1C)C(=O)N1c2ccccc2C[C@@H]1C. The van der Waals surface area contributed by atoms with Gasteiger partial charge in [-0.25, -0.2) is 0 Å². The van der Waals surface area contributed by atoms with E-state index in [0.717, 1.165) is 34.0 Å². The van der Waals surface area contributed by atoms with Crippen LogP contribution in [0.2, 0.25) is 0 Å². The summed E-state index contributed by atoms with van der Waals surface area (Å²) in [4.78, 5) is 14.6. The molecule has 1 aromatic carbocycles. The van der Waals surface area contributed by atoms with E-state index in [1.807, 2.05) is 31.2 Å². The fourth-order valence-electron chi connectivity index (χ4n) is 2.97. The Morgan fingerprint density at radius 3 is 2.64 bits per heavy atom. The predicted octanol–water partition coefficient (Wildman–Crippen LogP) is 3.29. The third kappa shape index (κ3) is 3.24. The van der Waals surface area contributed by atoms with Crippen molar-refractivity contribution in [2.24, 2.45) is 7.05 Å². The van der Waals surface area contributed by atoms with E-state index < -0.39 is 17.3 Å². The average molecular weight is 370 g/mol. The van der Waals surface area contributed by atoms with Gasteiger partial charge >= 0.3 is 6.18 Å². The van der Waals surface area contributed by atoms with E-state index in [1.165, 1.54) is 7.05 Å². The van der Waals surface area contributed by atoms with Crippen molar-refractivity contribution < 1.29 is 18.0 Å². The van der Waals surface area contributed by atoms with E-state index in [9.17, 15) is 18.0 Å². The lowest BCUT2D eigenvalue weighted by atomic mass is 10.1. The summed E-state index contributed by atoms with van der Waals surface area (Å²) in [5.41, 5.74) is 1.96. The number of carbonyl (C=O) groups excluding carboxylic acids is 1. The first-order chi connectivity index (χ1) is 11.7. The van der Waals surface area contributed by atoms with Gasteiger partial charge in [-0.2, -0.15) is 13.2 Å². The molecule has 3 rings (SSSR count). The number of rotatable bonds is 3. The smallest absolute Gasteiger partial charge is 0.308 e. The van der Waals surface area contributed by atoms with Crippen molar-refractivity contribution in [2.75, 3.05) is 4.90 Å². The number of fused-ring (bicyclic) bond motifs is 1. The number of benzene rings is 1. The van der Waals surface area contributed by atoms with Gasteiger partial charge in [-0.3, -0.25) is 4.79 Å². The van der Waals surface area contributed by atoms with Crippen molar-refractivity contribution >= 4 is 23.4 Å². The molecule has 0 radical (unpaired) electrons. The van der Waals surface area contributed by atoms with Crippen LogP contribution in [0.25, 0.3) is 0 Å². The Morgan fingerprint density at radius 1 is 1.32 bits per heavy atom. The zero-order chi connectivity index (χ0) is 18.4. The van der Waals surface area contributed by atoms with Crippen LogP contribution < -0.4 is 4.90 Å². The van der Waals surface area contributed by atoms with Crippen LogP contribution in [0.5, 0.6) is 0 Å². The molecule has 0 spiro atoms. The highest BCUT2D eigenvalue weighted by Crippen LogP contribution is 2.35. The first kappa shape index (κ1) is 17.8. The molecule has 2 aromatic rings. The fraction of sp³-hybridized carbons (Fsp3) is 0.438. The summed E-state index contributed by atoms with van der Waals surface area (Å²) < 4.78 is 39.3. The van der Waals surface area contributed by atoms with Gasteiger partial charge in [0.2, 0.25) is 11.7 Å². The van der Waals surface area contributed by atoms with Crippen molar-refractivity contribution in [1.29, 1.82) is 0 Å². The van der Waals surface area contributed by atoms with E-state index in [2.05, 4.69) is 10.2 Å². The second-order valence-electron chi connectivity index (χ2n) is 6.01. The van der Waals surface area contributed by atoms with Crippen molar-refractivity contribution in [3.05, 3.63) is 35.7 Å². The van der Waals surface area contributed by atoms with Crippen molar-refractivity contribution in [3.63, 3.8) is 0 Å². The Labute approximate surface area is 147 Å². The molecule has 0 unspecified atom stereocenters. The van der Waals surface area contributed by atoms with Gasteiger partial charge in [0.05, 0.1) is 5.25 Å². The molecule has 0 fully saturated rings. The molecule has 1 aliphatic heterocycles. The molecule has 0 saturated heterocycles. The number of halogens is 3. The Kier molecular flexibility index (Phi) is 4.52. The number of amides is 1. The van der Waals surface area contributed by atoms with E-state index in [4.69, 9.17) is 0 Å². The second kappa shape index (κ2) is 6.36. The molecule has 1 aliphatic rings. The molecule has 1 amide bonds. The van der Waals surface area contributed by atoms with Crippen LogP contribution in [0.4, 0.5) is 18.9 Å². The monoisotopic (exact) mass is 370 g/mol. The van der Waals surface area contributed by atoms with E-state index in [1.54, 1.807) is 11.8 Å². The number of thioether (sulfide) groups is 1. The minimum atomic E-state index is -4.57. The van der Waals surface area contributed by atoms with Crippen LogP contribution >= 0.6 is 11.8 Å². The van der Waals surface area contributed by atoms with Gasteiger partial charge < -0.3 is 9.47 Å². The van der Waals surface area contributed by atoms with E-state index in [0.29, 0.717) is 0 Å². The quantitative estimate of drug-likeness (QED) is 0.778. The van der Waals surface area contributed by atoms with Crippen LogP contribution in [-0.2, 0) is 24.4 Å². The second-order valence-corrected chi connectivity index (χ2v) is 7.32. The van der Waals surface area contributed by atoms with Gasteiger partial charge in [0.25, 0.3) is 0 Å². The van der Waals surface area contributed by atoms with Gasteiger partial charge in [-0.05, 0) is 31.9 Å². The topological polar surface area (TPSA) is 51.0 Å². The normalized spacial score (nSPS) is 18.3. The summed E-state index contributed by atoms with van der Waals surface area (Å²) in [5.74, 6) is -1.23. The maximum Gasteiger partial charge on any atom is 0.451 e. The third-order valence-corrected chi connectivity index (χ3v) is 5.28. The number of para-hydroxylation sites is 1. The van der Waals surface area contributed by atoms with Crippen molar-refractivity contribution in [2.45, 2.75) is 42.9 Å². The molecule has 25 heavy (non-hydrogen) atoms. The van der Waals surface area contributed by atoms with Gasteiger partial charge in [-0.1, -0.05) is 30.0 Å². The highest BCUT2D eigenvalue weighted by Gasteiger charge is 2.39. The number of carbonyl (C=O) groups is 1. The number of hydrogen-bond acceptors (Lipinski definition) is 4. The minimum Gasteiger partial charge on any atom is -0.308 e. The molecule has 9 heteroatoms. The molecular weight excluding hydrogens is 353 g/mol. The summed E-state index contributed by atoms with van der Waals surface area (Å²) in [5, 5.41) is 6.25. The van der Waals surface area contributed by atoms with Gasteiger partial charge in [0.1, 0.15) is 0 Å². The Hall–Kier alpha value is -2.03. The zero-order valence-electron chi connectivity index (χ0n) is 13.9. The molecule has 2 heterocycles. The highest BCUT2D eigenvalue weighted by molar-refractivity contribution is 8.00. The summed E-state index contributed by atoms with van der Waals surface area (Å²) >= 11 is 0.977. The summed E-state index contributed by atoms with van der Waals surface area (Å²) in [6.07, 6.45) is -3.81. The molecule has 0 aliphatic carbocycles. The molecule has 2 atom stereocenters. The lowest BCUT2D eigenvalue weighted by Gasteiger charge is -2.25. The third-order valence-electron chi connectivity index (χ3n) is 4.16. The summed E-state index contributed by atoms with van der Waals surface area (Å²) in [6, 6.07) is 7.68. The minimum absolute atomic E-state index is 0.0122. The van der Waals surface area contributed by atoms with E-state index >= 15 is 0 Å². The van der Waals surface area contributed by atoms with E-state index in [-0.39, 0.29) is 17.1 Å². The molecule has 134 valence electrons. The van der Waals surface area contributed by atoms with Crippen LogP contribution in [-0.4, -0.2) is 32.0 Å². The lowest BCUT2D eigenvalue weighted by Crippen LogP contribution is -2.40. The molecular formula is C16H17F3N4OS. The zero-order valence-corrected chi connectivity index (χ0v) is 14.7. The Balaban J connectivity index is 1.79. The largest absolute Gasteiger partial charge is 0.451 e. The van der Waals surface area contributed by atoms with Crippen LogP contribution in [0, 0.1) is 0 Å². The maximum absolute atomic E-state index is 12.9. The molecule has 0 bridgehead atoms. The Bertz CT molecular complexity index is 805. The average Bonchev–Trinajstić information content (AvgIpc) is 3.06. The standard InChI is InChI=1S/C16H17F3N4OS/c1-9-8-11-6-4-5-7-12(11)23(9)13(24)10(2)25-15-21-20-14(22(15)3)16(17,18)19/h4-7,9-10H,8H2,1-3H3/t9-,10+/m0/s1. The molecule has 0 saturated carbocycles. The van der Waals surface area contributed by atoms with Crippen LogP contribution in [0.1, 0.15) is 25.2 Å². The maximum atomic E-state index is 12.9. The number of anilines is 1.